The minimum absolute atomic E-state index is 0.0736. The maximum Gasteiger partial charge on any atom is 0.272 e. The van der Waals surface area contributed by atoms with E-state index in [1.165, 1.54) is 16.7 Å². The van der Waals surface area contributed by atoms with Crippen LogP contribution in [0.5, 0.6) is 0 Å². The van der Waals surface area contributed by atoms with Crippen LogP contribution >= 0.6 is 27.7 Å². The molecule has 7 nitrogen and oxygen atoms in total. The molecule has 1 aliphatic heterocycles. The SMILES string of the molecule is CC(C)c1ccc(/C=C(\NC(=O)c2ccccc2)C(=O)Nc2cccc(S[C@H]3CC(=O)N(c4ccc(Br)cc4)C3=O)c2)cc1. The number of amides is 4. The average Bonchev–Trinajstić information content (AvgIpc) is 3.29. The van der Waals surface area contributed by atoms with Crippen molar-refractivity contribution in [1.82, 2.24) is 5.32 Å². The summed E-state index contributed by atoms with van der Waals surface area (Å²) in [6.07, 6.45) is 1.71. The highest BCUT2D eigenvalue weighted by Gasteiger charge is 2.40. The molecule has 0 radical (unpaired) electrons. The molecule has 0 spiro atoms. The van der Waals surface area contributed by atoms with Crippen molar-refractivity contribution in [3.63, 3.8) is 0 Å². The van der Waals surface area contributed by atoms with Crippen molar-refractivity contribution in [2.45, 2.75) is 36.3 Å². The lowest BCUT2D eigenvalue weighted by molar-refractivity contribution is -0.121. The van der Waals surface area contributed by atoms with Crippen molar-refractivity contribution < 1.29 is 19.2 Å². The number of nitrogens with zero attached hydrogens (tertiary/aromatic N) is 1. The number of halogens is 1. The van der Waals surface area contributed by atoms with Crippen LogP contribution in [0.1, 0.15) is 47.7 Å². The Kier molecular flexibility index (Phi) is 9.77. The summed E-state index contributed by atoms with van der Waals surface area (Å²) in [5.41, 5.74) is 3.44. The quantitative estimate of drug-likeness (QED) is 0.143. The zero-order chi connectivity index (χ0) is 31.2. The molecule has 5 rings (SSSR count). The van der Waals surface area contributed by atoms with Gasteiger partial charge in [0.1, 0.15) is 5.70 Å². The number of carbonyl (C=O) groups excluding carboxylic acids is 4. The van der Waals surface area contributed by atoms with Gasteiger partial charge >= 0.3 is 0 Å². The van der Waals surface area contributed by atoms with E-state index in [0.717, 1.165) is 20.5 Å². The standard InChI is InChI=1S/C35H30BrN3O4S/c1-22(2)24-13-11-23(12-14-24)19-30(38-33(41)25-7-4-3-5-8-25)34(42)37-27-9-6-10-29(20-27)44-31-21-32(40)39(35(31)43)28-17-15-26(36)16-18-28/h3-20,22,31H,21H2,1-2H3,(H,37,42)(H,38,41)/b30-19-/t31-/m0/s1. The molecule has 4 aromatic rings. The second-order valence-corrected chi connectivity index (χ2v) is 12.7. The number of rotatable bonds is 9. The Balaban J connectivity index is 1.33. The second kappa shape index (κ2) is 13.9. The van der Waals surface area contributed by atoms with Gasteiger partial charge in [-0.25, -0.2) is 4.90 Å². The Labute approximate surface area is 268 Å². The van der Waals surface area contributed by atoms with Crippen LogP contribution in [0.2, 0.25) is 0 Å². The van der Waals surface area contributed by atoms with Crippen molar-refractivity contribution in [3.05, 3.63) is 130 Å². The molecule has 1 aliphatic rings. The Morgan fingerprint density at radius 3 is 2.30 bits per heavy atom. The average molecular weight is 669 g/mol. The first-order chi connectivity index (χ1) is 21.2. The molecular formula is C35H30BrN3O4S. The molecule has 4 amide bonds. The molecule has 4 aromatic carbocycles. The highest BCUT2D eigenvalue weighted by Crippen LogP contribution is 2.35. The van der Waals surface area contributed by atoms with Crippen LogP contribution < -0.4 is 15.5 Å². The lowest BCUT2D eigenvalue weighted by atomic mass is 10.0. The smallest absolute Gasteiger partial charge is 0.272 e. The predicted octanol–water partition coefficient (Wildman–Crippen LogP) is 7.41. The molecule has 9 heteroatoms. The summed E-state index contributed by atoms with van der Waals surface area (Å²) in [5.74, 6) is -1.09. The predicted molar refractivity (Wildman–Crippen MR) is 178 cm³/mol. The Hall–Kier alpha value is -4.47. The van der Waals surface area contributed by atoms with Crippen molar-refractivity contribution in [3.8, 4) is 0 Å². The Morgan fingerprint density at radius 2 is 1.61 bits per heavy atom. The van der Waals surface area contributed by atoms with Crippen molar-refractivity contribution >= 4 is 68.8 Å². The topological polar surface area (TPSA) is 95.6 Å². The number of carbonyl (C=O) groups is 4. The van der Waals surface area contributed by atoms with Crippen LogP contribution in [0.4, 0.5) is 11.4 Å². The van der Waals surface area contributed by atoms with E-state index in [1.54, 1.807) is 72.8 Å². The van der Waals surface area contributed by atoms with Gasteiger partial charge in [0.15, 0.2) is 0 Å². The van der Waals surface area contributed by atoms with Gasteiger partial charge in [0.05, 0.1) is 10.9 Å². The number of nitrogens with one attached hydrogen (secondary N) is 2. The van der Waals surface area contributed by atoms with Gasteiger partial charge in [-0.15, -0.1) is 11.8 Å². The third-order valence-corrected chi connectivity index (χ3v) is 8.71. The van der Waals surface area contributed by atoms with E-state index in [-0.39, 0.29) is 23.9 Å². The summed E-state index contributed by atoms with van der Waals surface area (Å²) in [4.78, 5) is 54.4. The van der Waals surface area contributed by atoms with Crippen molar-refractivity contribution in [2.75, 3.05) is 10.2 Å². The second-order valence-electron chi connectivity index (χ2n) is 10.5. The molecule has 222 valence electrons. The number of thioether (sulfide) groups is 1. The molecule has 44 heavy (non-hydrogen) atoms. The van der Waals surface area contributed by atoms with Crippen LogP contribution in [0.15, 0.2) is 118 Å². The lowest BCUT2D eigenvalue weighted by Gasteiger charge is -2.15. The summed E-state index contributed by atoms with van der Waals surface area (Å²) in [7, 11) is 0. The first-order valence-corrected chi connectivity index (χ1v) is 15.7. The van der Waals surface area contributed by atoms with E-state index in [0.29, 0.717) is 22.9 Å². The lowest BCUT2D eigenvalue weighted by Crippen LogP contribution is -2.31. The molecule has 0 bridgehead atoms. The summed E-state index contributed by atoms with van der Waals surface area (Å²) < 4.78 is 0.854. The van der Waals surface area contributed by atoms with E-state index in [2.05, 4.69) is 40.4 Å². The van der Waals surface area contributed by atoms with Crippen LogP contribution in [0, 0.1) is 0 Å². The van der Waals surface area contributed by atoms with Crippen LogP contribution in [-0.2, 0) is 14.4 Å². The first-order valence-electron chi connectivity index (χ1n) is 14.1. The molecule has 2 N–H and O–H groups in total. The molecule has 0 unspecified atom stereocenters. The molecule has 1 saturated heterocycles. The number of hydrogen-bond acceptors (Lipinski definition) is 5. The molecule has 0 aromatic heterocycles. The van der Waals surface area contributed by atoms with Gasteiger partial charge in [-0.2, -0.15) is 0 Å². The Bertz CT molecular complexity index is 1720. The van der Waals surface area contributed by atoms with Gasteiger partial charge in [0, 0.05) is 27.0 Å². The number of hydrogen-bond donors (Lipinski definition) is 2. The zero-order valence-electron chi connectivity index (χ0n) is 24.1. The maximum absolute atomic E-state index is 13.5. The summed E-state index contributed by atoms with van der Waals surface area (Å²) in [6, 6.07) is 30.6. The van der Waals surface area contributed by atoms with Crippen molar-refractivity contribution in [1.29, 1.82) is 0 Å². The molecule has 1 fully saturated rings. The third kappa shape index (κ3) is 7.53. The fraction of sp³-hybridized carbons (Fsp3) is 0.143. The minimum Gasteiger partial charge on any atom is -0.321 e. The normalized spacial score (nSPS) is 15.0. The van der Waals surface area contributed by atoms with Gasteiger partial charge in [-0.1, -0.05) is 78.3 Å². The number of anilines is 2. The fourth-order valence-corrected chi connectivity index (χ4v) is 6.03. The molecule has 0 saturated carbocycles. The summed E-state index contributed by atoms with van der Waals surface area (Å²) >= 11 is 4.64. The summed E-state index contributed by atoms with van der Waals surface area (Å²) in [5, 5.41) is 5.04. The van der Waals surface area contributed by atoms with E-state index >= 15 is 0 Å². The molecule has 1 atom stereocenters. The van der Waals surface area contributed by atoms with Crippen LogP contribution in [0.25, 0.3) is 6.08 Å². The number of imide groups is 1. The van der Waals surface area contributed by atoms with Gasteiger partial charge in [-0.05, 0) is 77.7 Å². The van der Waals surface area contributed by atoms with E-state index in [1.807, 2.05) is 36.4 Å². The van der Waals surface area contributed by atoms with Gasteiger partial charge < -0.3 is 10.6 Å². The maximum atomic E-state index is 13.5. The monoisotopic (exact) mass is 667 g/mol. The van der Waals surface area contributed by atoms with Crippen molar-refractivity contribution in [2.24, 2.45) is 0 Å². The van der Waals surface area contributed by atoms with Gasteiger partial charge in [0.25, 0.3) is 11.8 Å². The largest absolute Gasteiger partial charge is 0.321 e. The summed E-state index contributed by atoms with van der Waals surface area (Å²) in [6.45, 7) is 4.21. The third-order valence-electron chi connectivity index (χ3n) is 7.00. The van der Waals surface area contributed by atoms with E-state index < -0.39 is 17.1 Å². The molecule has 1 heterocycles. The number of benzene rings is 4. The zero-order valence-corrected chi connectivity index (χ0v) is 26.5. The highest BCUT2D eigenvalue weighted by molar-refractivity contribution is 9.10. The highest BCUT2D eigenvalue weighted by atomic mass is 79.9. The first kappa shape index (κ1) is 31.0. The van der Waals surface area contributed by atoms with Crippen LogP contribution in [0.3, 0.4) is 0 Å². The van der Waals surface area contributed by atoms with E-state index in [9.17, 15) is 19.2 Å². The Morgan fingerprint density at radius 1 is 0.909 bits per heavy atom. The minimum atomic E-state index is -0.591. The van der Waals surface area contributed by atoms with E-state index in [4.69, 9.17) is 0 Å². The molecular weight excluding hydrogens is 638 g/mol. The fourth-order valence-electron chi connectivity index (χ4n) is 4.65. The van der Waals surface area contributed by atoms with Crippen LogP contribution in [-0.4, -0.2) is 28.9 Å². The van der Waals surface area contributed by atoms with Gasteiger partial charge in [-0.3, -0.25) is 19.2 Å². The van der Waals surface area contributed by atoms with Gasteiger partial charge in [0.2, 0.25) is 11.8 Å². The molecule has 0 aliphatic carbocycles.